The number of methoxy groups -OCH3 is 2. The number of nitrogens with zero attached hydrogens (tertiary/aromatic N) is 1. The Morgan fingerprint density at radius 1 is 1.18 bits per heavy atom. The van der Waals surface area contributed by atoms with Crippen molar-refractivity contribution in [2.75, 3.05) is 14.2 Å². The lowest BCUT2D eigenvalue weighted by Gasteiger charge is -2.07. The lowest BCUT2D eigenvalue weighted by molar-refractivity contribution is -0.115. The topological polar surface area (TPSA) is 73.1 Å². The fourth-order valence-electron chi connectivity index (χ4n) is 2.10. The zero-order chi connectivity index (χ0) is 15.5. The number of carbonyl (C=O) groups is 1. The Morgan fingerprint density at radius 2 is 2.00 bits per heavy atom. The molecule has 1 aromatic carbocycles. The third-order valence-electron chi connectivity index (χ3n) is 3.16. The van der Waals surface area contributed by atoms with Gasteiger partial charge < -0.3 is 19.2 Å². The molecule has 6 nitrogen and oxygen atoms in total. The zero-order valence-electron chi connectivity index (χ0n) is 12.1. The maximum Gasteiger partial charge on any atom is 0.275 e. The van der Waals surface area contributed by atoms with Crippen LogP contribution in [-0.2, 0) is 4.79 Å². The van der Waals surface area contributed by atoms with Gasteiger partial charge in [-0.25, -0.2) is 4.99 Å². The molecule has 0 saturated heterocycles. The van der Waals surface area contributed by atoms with Crippen LogP contribution in [0.4, 0.5) is 0 Å². The smallest absolute Gasteiger partial charge is 0.275 e. The van der Waals surface area contributed by atoms with Crippen LogP contribution in [0.25, 0.3) is 6.08 Å². The minimum atomic E-state index is -0.277. The normalized spacial score (nSPS) is 15.6. The molecular formula is C16H14N2O4. The Morgan fingerprint density at radius 3 is 2.68 bits per heavy atom. The molecule has 0 fully saturated rings. The lowest BCUT2D eigenvalue weighted by Crippen LogP contribution is -2.24. The van der Waals surface area contributed by atoms with Crippen LogP contribution in [0.15, 0.2) is 51.7 Å². The largest absolute Gasteiger partial charge is 0.493 e. The number of amides is 1. The van der Waals surface area contributed by atoms with Gasteiger partial charge in [-0.15, -0.1) is 0 Å². The van der Waals surface area contributed by atoms with Gasteiger partial charge >= 0.3 is 0 Å². The van der Waals surface area contributed by atoms with E-state index in [4.69, 9.17) is 13.9 Å². The van der Waals surface area contributed by atoms with Crippen LogP contribution >= 0.6 is 0 Å². The molecule has 2 heterocycles. The van der Waals surface area contributed by atoms with Gasteiger partial charge in [0.15, 0.2) is 23.1 Å². The molecule has 0 saturated carbocycles. The number of aliphatic imine (C=N–C) groups is 1. The third kappa shape index (κ3) is 2.58. The molecule has 112 valence electrons. The van der Waals surface area contributed by atoms with Gasteiger partial charge in [-0.1, -0.05) is 6.07 Å². The van der Waals surface area contributed by atoms with Gasteiger partial charge in [-0.3, -0.25) is 4.79 Å². The molecule has 6 heteroatoms. The number of ether oxygens (including phenoxy) is 2. The van der Waals surface area contributed by atoms with Crippen molar-refractivity contribution in [1.82, 2.24) is 5.32 Å². The van der Waals surface area contributed by atoms with Crippen molar-refractivity contribution in [3.8, 4) is 11.5 Å². The Kier molecular flexibility index (Phi) is 3.65. The number of benzene rings is 1. The standard InChI is InChI=1S/C16H14N2O4/c1-20-12-6-5-10(9-14(12)21-2)8-11-16(19)18-15(17-11)13-4-3-7-22-13/h3-9H,1-2H3,(H,17,18,19)/b11-8+. The summed E-state index contributed by atoms with van der Waals surface area (Å²) in [7, 11) is 3.13. The number of rotatable bonds is 4. The first-order chi connectivity index (χ1) is 10.7. The zero-order valence-corrected chi connectivity index (χ0v) is 12.1. The first-order valence-electron chi connectivity index (χ1n) is 6.59. The fourth-order valence-corrected chi connectivity index (χ4v) is 2.10. The van der Waals surface area contributed by atoms with Gasteiger partial charge in [0.25, 0.3) is 5.91 Å². The maximum absolute atomic E-state index is 12.0. The van der Waals surface area contributed by atoms with Crippen LogP contribution in [0.2, 0.25) is 0 Å². The number of hydrogen-bond acceptors (Lipinski definition) is 5. The number of hydrogen-bond donors (Lipinski definition) is 1. The van der Waals surface area contributed by atoms with E-state index in [0.29, 0.717) is 28.8 Å². The monoisotopic (exact) mass is 298 g/mol. The van der Waals surface area contributed by atoms with E-state index in [-0.39, 0.29) is 5.91 Å². The second-order valence-electron chi connectivity index (χ2n) is 4.54. The van der Waals surface area contributed by atoms with Gasteiger partial charge in [0.1, 0.15) is 5.70 Å². The van der Waals surface area contributed by atoms with Crippen LogP contribution in [0.5, 0.6) is 11.5 Å². The quantitative estimate of drug-likeness (QED) is 0.878. The van der Waals surface area contributed by atoms with Crippen molar-refractivity contribution in [1.29, 1.82) is 0 Å². The molecule has 0 spiro atoms. The molecule has 2 aromatic rings. The molecule has 1 N–H and O–H groups in total. The molecular weight excluding hydrogens is 284 g/mol. The van der Waals surface area contributed by atoms with E-state index in [0.717, 1.165) is 5.56 Å². The van der Waals surface area contributed by atoms with E-state index >= 15 is 0 Å². The van der Waals surface area contributed by atoms with Crippen molar-refractivity contribution >= 4 is 17.8 Å². The van der Waals surface area contributed by atoms with Gasteiger partial charge in [-0.05, 0) is 35.9 Å². The van der Waals surface area contributed by atoms with Crippen LogP contribution in [0.3, 0.4) is 0 Å². The summed E-state index contributed by atoms with van der Waals surface area (Å²) in [5, 5.41) is 2.67. The minimum Gasteiger partial charge on any atom is -0.493 e. The molecule has 1 aliphatic heterocycles. The summed E-state index contributed by atoms with van der Waals surface area (Å²) in [5.74, 6) is 1.86. The predicted octanol–water partition coefficient (Wildman–Crippen LogP) is 2.21. The van der Waals surface area contributed by atoms with Crippen molar-refractivity contribution in [3.05, 3.63) is 53.6 Å². The molecule has 3 rings (SSSR count). The van der Waals surface area contributed by atoms with Gasteiger partial charge in [0.05, 0.1) is 20.5 Å². The van der Waals surface area contributed by atoms with Gasteiger partial charge in [0, 0.05) is 0 Å². The number of amidine groups is 1. The summed E-state index contributed by atoms with van der Waals surface area (Å²) in [6, 6.07) is 8.84. The fraction of sp³-hybridized carbons (Fsp3) is 0.125. The van der Waals surface area contributed by atoms with Crippen LogP contribution in [-0.4, -0.2) is 26.0 Å². The molecule has 22 heavy (non-hydrogen) atoms. The molecule has 0 bridgehead atoms. The molecule has 1 aromatic heterocycles. The van der Waals surface area contributed by atoms with E-state index in [1.165, 1.54) is 6.26 Å². The molecule has 0 unspecified atom stereocenters. The summed E-state index contributed by atoms with van der Waals surface area (Å²) >= 11 is 0. The number of carbonyl (C=O) groups excluding carboxylic acids is 1. The van der Waals surface area contributed by atoms with Gasteiger partial charge in [0.2, 0.25) is 0 Å². The number of nitrogens with one attached hydrogen (secondary N) is 1. The van der Waals surface area contributed by atoms with E-state index in [9.17, 15) is 4.79 Å². The van der Waals surface area contributed by atoms with Crippen LogP contribution in [0.1, 0.15) is 11.3 Å². The van der Waals surface area contributed by atoms with Crippen molar-refractivity contribution in [2.24, 2.45) is 4.99 Å². The third-order valence-corrected chi connectivity index (χ3v) is 3.16. The Bertz CT molecular complexity index is 760. The van der Waals surface area contributed by atoms with E-state index in [2.05, 4.69) is 10.3 Å². The summed E-state index contributed by atoms with van der Waals surface area (Å²) in [4.78, 5) is 16.2. The maximum atomic E-state index is 12.0. The minimum absolute atomic E-state index is 0.277. The first-order valence-corrected chi connectivity index (χ1v) is 6.59. The Hall–Kier alpha value is -3.02. The number of furan rings is 1. The second-order valence-corrected chi connectivity index (χ2v) is 4.54. The van der Waals surface area contributed by atoms with E-state index < -0.39 is 0 Å². The summed E-state index contributed by atoms with van der Waals surface area (Å²) in [6.07, 6.45) is 3.20. The molecule has 0 atom stereocenters. The van der Waals surface area contributed by atoms with E-state index in [1.807, 2.05) is 6.07 Å². The highest BCUT2D eigenvalue weighted by molar-refractivity contribution is 6.18. The molecule has 1 aliphatic rings. The van der Waals surface area contributed by atoms with Crippen molar-refractivity contribution < 1.29 is 18.7 Å². The summed E-state index contributed by atoms with van der Waals surface area (Å²) in [5.41, 5.74) is 1.09. The highest BCUT2D eigenvalue weighted by atomic mass is 16.5. The summed E-state index contributed by atoms with van der Waals surface area (Å²) < 4.78 is 15.6. The highest BCUT2D eigenvalue weighted by Crippen LogP contribution is 2.28. The Labute approximate surface area is 127 Å². The molecule has 1 amide bonds. The van der Waals surface area contributed by atoms with Crippen molar-refractivity contribution in [2.45, 2.75) is 0 Å². The molecule has 0 aliphatic carbocycles. The van der Waals surface area contributed by atoms with E-state index in [1.54, 1.807) is 44.6 Å². The van der Waals surface area contributed by atoms with Crippen LogP contribution in [0, 0.1) is 0 Å². The summed E-state index contributed by atoms with van der Waals surface area (Å²) in [6.45, 7) is 0. The second kappa shape index (κ2) is 5.77. The average molecular weight is 298 g/mol. The average Bonchev–Trinajstić information content (AvgIpc) is 3.17. The van der Waals surface area contributed by atoms with Crippen LogP contribution < -0.4 is 14.8 Å². The first kappa shape index (κ1) is 13.9. The molecule has 0 radical (unpaired) electrons. The van der Waals surface area contributed by atoms with Gasteiger partial charge in [-0.2, -0.15) is 0 Å². The Balaban J connectivity index is 1.93. The SMILES string of the molecule is COc1ccc(/C=C2/N=C(c3ccco3)NC2=O)cc1OC. The highest BCUT2D eigenvalue weighted by Gasteiger charge is 2.22. The lowest BCUT2D eigenvalue weighted by atomic mass is 10.1. The van der Waals surface area contributed by atoms with Crippen molar-refractivity contribution in [3.63, 3.8) is 0 Å². The predicted molar refractivity (Wildman–Crippen MR) is 80.9 cm³/mol.